The number of carbonyl (C=O) groups excluding carboxylic acids is 3. The Balaban J connectivity index is 1.96. The van der Waals surface area contributed by atoms with Crippen LogP contribution in [0, 0.1) is 5.92 Å². The van der Waals surface area contributed by atoms with Crippen LogP contribution in [0.1, 0.15) is 49.7 Å². The molecule has 3 amide bonds. The van der Waals surface area contributed by atoms with Crippen molar-refractivity contribution in [1.29, 1.82) is 0 Å². The average molecular weight is 461 g/mol. The van der Waals surface area contributed by atoms with Crippen LogP contribution in [0.5, 0.6) is 5.75 Å². The lowest BCUT2D eigenvalue weighted by Crippen LogP contribution is -2.40. The van der Waals surface area contributed by atoms with E-state index in [4.69, 9.17) is 4.74 Å². The highest BCUT2D eigenvalue weighted by Crippen LogP contribution is 2.17. The number of rotatable bonds is 12. The topological polar surface area (TPSA) is 101 Å². The number of carbonyl (C=O) groups is 3. The van der Waals surface area contributed by atoms with Crippen molar-refractivity contribution < 1.29 is 19.1 Å². The molecule has 2 N–H and O–H groups in total. The van der Waals surface area contributed by atoms with E-state index in [1.807, 2.05) is 13.8 Å². The smallest absolute Gasteiger partial charge is 0.254 e. The van der Waals surface area contributed by atoms with Crippen LogP contribution in [0.2, 0.25) is 0 Å². The molecule has 8 nitrogen and oxygen atoms in total. The minimum Gasteiger partial charge on any atom is -0.497 e. The molecule has 9 heteroatoms. The van der Waals surface area contributed by atoms with E-state index in [9.17, 15) is 14.4 Å². The predicted octanol–water partition coefficient (Wildman–Crippen LogP) is 3.35. The van der Waals surface area contributed by atoms with Crippen LogP contribution >= 0.6 is 11.3 Å². The Hall–Kier alpha value is -2.94. The number of nitrogens with one attached hydrogen (secondary N) is 2. The minimum absolute atomic E-state index is 0.0878. The van der Waals surface area contributed by atoms with E-state index in [1.165, 1.54) is 16.2 Å². The molecule has 0 fully saturated rings. The number of unbranched alkanes of at least 4 members (excludes halogenated alkanes) is 1. The summed E-state index contributed by atoms with van der Waals surface area (Å²) in [5, 5.41) is 7.75. The van der Waals surface area contributed by atoms with Crippen molar-refractivity contribution in [3.05, 3.63) is 40.9 Å². The van der Waals surface area contributed by atoms with Gasteiger partial charge in [-0.1, -0.05) is 27.2 Å². The number of methoxy groups -OCH3 is 1. The van der Waals surface area contributed by atoms with Crippen LogP contribution in [-0.2, 0) is 16.0 Å². The Morgan fingerprint density at radius 2 is 1.88 bits per heavy atom. The zero-order valence-corrected chi connectivity index (χ0v) is 20.0. The summed E-state index contributed by atoms with van der Waals surface area (Å²) in [6, 6.07) is 6.81. The molecule has 0 aliphatic carbocycles. The summed E-state index contributed by atoms with van der Waals surface area (Å²) in [5.41, 5.74) is 1.09. The highest BCUT2D eigenvalue weighted by Gasteiger charge is 2.21. The third kappa shape index (κ3) is 8.30. The molecule has 0 bridgehead atoms. The van der Waals surface area contributed by atoms with Crippen molar-refractivity contribution in [1.82, 2.24) is 15.2 Å². The van der Waals surface area contributed by atoms with Crippen molar-refractivity contribution in [2.45, 2.75) is 40.0 Å². The van der Waals surface area contributed by atoms with E-state index in [2.05, 4.69) is 22.5 Å². The van der Waals surface area contributed by atoms with Crippen molar-refractivity contribution in [2.24, 2.45) is 5.92 Å². The Bertz CT molecular complexity index is 896. The van der Waals surface area contributed by atoms with Crippen LogP contribution < -0.4 is 15.4 Å². The van der Waals surface area contributed by atoms with Crippen LogP contribution in [0.3, 0.4) is 0 Å². The third-order valence-corrected chi connectivity index (χ3v) is 5.34. The molecule has 0 radical (unpaired) electrons. The van der Waals surface area contributed by atoms with E-state index in [1.54, 1.807) is 36.8 Å². The van der Waals surface area contributed by atoms with Crippen molar-refractivity contribution in [3.63, 3.8) is 0 Å². The van der Waals surface area contributed by atoms with E-state index in [-0.39, 0.29) is 36.6 Å². The molecule has 0 unspecified atom stereocenters. The van der Waals surface area contributed by atoms with Gasteiger partial charge in [0.15, 0.2) is 5.13 Å². The lowest BCUT2D eigenvalue weighted by Gasteiger charge is -2.24. The summed E-state index contributed by atoms with van der Waals surface area (Å²) in [6.07, 6.45) is 2.12. The molecule has 0 aliphatic rings. The normalized spacial score (nSPS) is 10.7. The Morgan fingerprint density at radius 3 is 2.50 bits per heavy atom. The molecule has 174 valence electrons. The standard InChI is InChI=1S/C23H32N4O4S/c1-5-6-11-24-20(28)12-18-15-32-23(25-18)26-21(29)14-27(13-16(2)3)22(30)17-7-9-19(31-4)10-8-17/h7-10,15-16H,5-6,11-14H2,1-4H3,(H,24,28)(H,25,26,29). The Labute approximate surface area is 193 Å². The molecule has 0 aliphatic heterocycles. The third-order valence-electron chi connectivity index (χ3n) is 4.54. The number of hydrogen-bond donors (Lipinski definition) is 2. The summed E-state index contributed by atoms with van der Waals surface area (Å²) < 4.78 is 5.14. The van der Waals surface area contributed by atoms with E-state index in [0.717, 1.165) is 12.8 Å². The van der Waals surface area contributed by atoms with E-state index < -0.39 is 0 Å². The summed E-state index contributed by atoms with van der Waals surface area (Å²) in [7, 11) is 1.56. The van der Waals surface area contributed by atoms with Gasteiger partial charge in [0.2, 0.25) is 11.8 Å². The second-order valence-electron chi connectivity index (χ2n) is 7.88. The molecular formula is C23H32N4O4S. The fourth-order valence-electron chi connectivity index (χ4n) is 2.99. The lowest BCUT2D eigenvalue weighted by atomic mass is 10.1. The second-order valence-corrected chi connectivity index (χ2v) is 8.74. The molecule has 0 atom stereocenters. The van der Waals surface area contributed by atoms with Gasteiger partial charge in [-0.05, 0) is 36.6 Å². The summed E-state index contributed by atoms with van der Waals surface area (Å²) in [4.78, 5) is 43.3. The van der Waals surface area contributed by atoms with Gasteiger partial charge < -0.3 is 20.3 Å². The predicted molar refractivity (Wildman–Crippen MR) is 126 cm³/mol. The molecule has 0 saturated heterocycles. The first-order chi connectivity index (χ1) is 15.3. The van der Waals surface area contributed by atoms with Gasteiger partial charge in [0.1, 0.15) is 12.3 Å². The number of hydrogen-bond acceptors (Lipinski definition) is 6. The van der Waals surface area contributed by atoms with Gasteiger partial charge in [0.25, 0.3) is 5.91 Å². The highest BCUT2D eigenvalue weighted by atomic mass is 32.1. The molecular weight excluding hydrogens is 428 g/mol. The number of ether oxygens (including phenoxy) is 1. The van der Waals surface area contributed by atoms with Crippen LogP contribution in [0.4, 0.5) is 5.13 Å². The van der Waals surface area contributed by atoms with Gasteiger partial charge in [-0.25, -0.2) is 4.98 Å². The largest absolute Gasteiger partial charge is 0.497 e. The molecule has 0 spiro atoms. The summed E-state index contributed by atoms with van der Waals surface area (Å²) >= 11 is 1.26. The minimum atomic E-state index is -0.333. The molecule has 32 heavy (non-hydrogen) atoms. The number of aromatic nitrogens is 1. The lowest BCUT2D eigenvalue weighted by molar-refractivity contribution is -0.120. The van der Waals surface area contributed by atoms with Gasteiger partial charge in [-0.15, -0.1) is 11.3 Å². The number of nitrogens with zero attached hydrogens (tertiary/aromatic N) is 2. The van der Waals surface area contributed by atoms with Crippen LogP contribution in [0.25, 0.3) is 0 Å². The Morgan fingerprint density at radius 1 is 1.16 bits per heavy atom. The van der Waals surface area contributed by atoms with Crippen molar-refractivity contribution in [2.75, 3.05) is 32.1 Å². The summed E-state index contributed by atoms with van der Waals surface area (Å²) in [6.45, 7) is 7.05. The number of anilines is 1. The SMILES string of the molecule is CCCCNC(=O)Cc1csc(NC(=O)CN(CC(C)C)C(=O)c2ccc(OC)cc2)n1. The first-order valence-corrected chi connectivity index (χ1v) is 11.6. The fraction of sp³-hybridized carbons (Fsp3) is 0.478. The second kappa shape index (κ2) is 12.8. The number of amides is 3. The van der Waals surface area contributed by atoms with Gasteiger partial charge in [-0.3, -0.25) is 14.4 Å². The maximum Gasteiger partial charge on any atom is 0.254 e. The highest BCUT2D eigenvalue weighted by molar-refractivity contribution is 7.13. The fourth-order valence-corrected chi connectivity index (χ4v) is 3.71. The molecule has 1 heterocycles. The molecule has 2 aromatic rings. The zero-order chi connectivity index (χ0) is 23.5. The maximum absolute atomic E-state index is 12.9. The monoisotopic (exact) mass is 460 g/mol. The molecule has 1 aromatic heterocycles. The van der Waals surface area contributed by atoms with Crippen LogP contribution in [-0.4, -0.2) is 54.3 Å². The van der Waals surface area contributed by atoms with Gasteiger partial charge in [0, 0.05) is 24.0 Å². The van der Waals surface area contributed by atoms with Gasteiger partial charge >= 0.3 is 0 Å². The van der Waals surface area contributed by atoms with Crippen molar-refractivity contribution in [3.8, 4) is 5.75 Å². The molecule has 2 rings (SSSR count). The Kier molecular flexibility index (Phi) is 10.1. The van der Waals surface area contributed by atoms with E-state index in [0.29, 0.717) is 35.2 Å². The van der Waals surface area contributed by atoms with Gasteiger partial charge in [0.05, 0.1) is 19.2 Å². The number of thiazole rings is 1. The zero-order valence-electron chi connectivity index (χ0n) is 19.1. The van der Waals surface area contributed by atoms with Gasteiger partial charge in [-0.2, -0.15) is 0 Å². The van der Waals surface area contributed by atoms with Crippen LogP contribution in [0.15, 0.2) is 29.6 Å². The summed E-state index contributed by atoms with van der Waals surface area (Å²) in [5.74, 6) is 0.215. The average Bonchev–Trinajstić information content (AvgIpc) is 3.19. The van der Waals surface area contributed by atoms with E-state index >= 15 is 0 Å². The molecule has 1 aromatic carbocycles. The maximum atomic E-state index is 12.9. The molecule has 0 saturated carbocycles. The first-order valence-electron chi connectivity index (χ1n) is 10.8. The van der Waals surface area contributed by atoms with Crippen molar-refractivity contribution >= 4 is 34.2 Å². The quantitative estimate of drug-likeness (QED) is 0.473. The first kappa shape index (κ1) is 25.3. The number of benzene rings is 1.